The molecule has 404 valence electrons. The topological polar surface area (TPSA) is 204 Å². The molecule has 17 nitrogen and oxygen atoms in total. The number of carbonyl (C=O) groups excluding carboxylic acids is 3. The normalized spacial score (nSPS) is 18.5. The number of ether oxygens (including phenoxy) is 3. The highest BCUT2D eigenvalue weighted by atomic mass is 35.5. The Balaban J connectivity index is 0.728. The number of aryl methyl sites for hydroxylation is 1. The molecule has 0 saturated carbocycles. The standard InChI is InChI=1S/C56H67ClFN9O8S/c1-33(35-10-12-36(13-11-35)50-34(2)60-32-76-50)61-53(71)45-28-39(69)30-67(45)54(72)51(56(3,4)5)62-46(70)31-73-24-25-74-40-14-18-65(19-15-40)22-23-75-55-63-49-43(52(64-55)66-20-16-59-17-21-66)29-44(57)47(48(49)58)42-27-38(68)26-37-8-6-7-9-41(37)42/h6-13,26-27,29,32-33,39-40,45,51,59,68-69H,14-25,28,30-31H2,1-5H3,(H,61,71)(H,62,70)/t33-,39+,45-,51+/m0/s1. The van der Waals surface area contributed by atoms with Gasteiger partial charge in [0.05, 0.1) is 52.6 Å². The number of anilines is 1. The number of phenols is 1. The molecule has 6 aromatic rings. The predicted molar refractivity (Wildman–Crippen MR) is 292 cm³/mol. The van der Waals surface area contributed by atoms with Crippen molar-refractivity contribution in [2.75, 3.05) is 83.7 Å². The number of fused-ring (bicyclic) bond motifs is 2. The van der Waals surface area contributed by atoms with E-state index in [0.717, 1.165) is 71.5 Å². The van der Waals surface area contributed by atoms with E-state index in [1.807, 2.05) is 88.7 Å². The maximum Gasteiger partial charge on any atom is 0.319 e. The van der Waals surface area contributed by atoms with Gasteiger partial charge in [0.1, 0.15) is 42.4 Å². The van der Waals surface area contributed by atoms with Crippen LogP contribution in [0.4, 0.5) is 10.2 Å². The lowest BCUT2D eigenvalue weighted by atomic mass is 9.85. The second kappa shape index (κ2) is 24.1. The Labute approximate surface area is 451 Å². The number of benzene rings is 4. The van der Waals surface area contributed by atoms with Crippen LogP contribution in [-0.2, 0) is 23.9 Å². The molecule has 5 heterocycles. The highest BCUT2D eigenvalue weighted by Crippen LogP contribution is 2.43. The number of aliphatic hydroxyl groups excluding tert-OH is 1. The molecule has 4 atom stereocenters. The molecule has 3 amide bonds. The second-order valence-corrected chi connectivity index (χ2v) is 22.2. The van der Waals surface area contributed by atoms with Gasteiger partial charge >= 0.3 is 6.01 Å². The molecule has 2 aromatic heterocycles. The number of likely N-dealkylation sites (tertiary alicyclic amines) is 2. The third-order valence-corrected chi connectivity index (χ3v) is 15.7. The van der Waals surface area contributed by atoms with Crippen LogP contribution in [0.5, 0.6) is 11.8 Å². The SMILES string of the molecule is Cc1ncsc1-c1ccc([C@H](C)NC(=O)[C@@H]2C[C@@H](O)CN2C(=O)[C@@H](NC(=O)COCCOC2CCN(CCOc3nc(N4CCNCC4)c4cc(Cl)c(-c5cc(O)cc6ccccc56)c(F)c4n3)CC2)C(C)(C)C)cc1. The average molecular weight is 1080 g/mol. The summed E-state index contributed by atoms with van der Waals surface area (Å²) in [4.78, 5) is 61.7. The van der Waals surface area contributed by atoms with E-state index >= 15 is 4.39 Å². The first kappa shape index (κ1) is 54.7. The number of rotatable bonds is 18. The number of nitrogens with zero attached hydrogens (tertiary/aromatic N) is 6. The summed E-state index contributed by atoms with van der Waals surface area (Å²) in [6.07, 6.45) is 0.740. The third-order valence-electron chi connectivity index (χ3n) is 14.4. The van der Waals surface area contributed by atoms with E-state index < -0.39 is 41.2 Å². The first-order valence-electron chi connectivity index (χ1n) is 26.0. The van der Waals surface area contributed by atoms with Crippen LogP contribution in [0.3, 0.4) is 0 Å². The lowest BCUT2D eigenvalue weighted by Crippen LogP contribution is -2.58. The van der Waals surface area contributed by atoms with Crippen molar-refractivity contribution >= 4 is 68.2 Å². The maximum absolute atomic E-state index is 16.9. The van der Waals surface area contributed by atoms with Crippen molar-refractivity contribution in [1.82, 2.24) is 40.7 Å². The van der Waals surface area contributed by atoms with E-state index in [2.05, 4.69) is 35.7 Å². The summed E-state index contributed by atoms with van der Waals surface area (Å²) in [7, 11) is 0. The molecule has 20 heteroatoms. The van der Waals surface area contributed by atoms with E-state index in [0.29, 0.717) is 36.4 Å². The fourth-order valence-corrected chi connectivity index (χ4v) is 11.4. The molecule has 76 heavy (non-hydrogen) atoms. The van der Waals surface area contributed by atoms with Gasteiger partial charge in [-0.3, -0.25) is 19.3 Å². The number of halogens is 2. The number of thiazole rings is 1. The number of carbonyl (C=O) groups is 3. The molecule has 3 saturated heterocycles. The van der Waals surface area contributed by atoms with Crippen LogP contribution in [0.25, 0.3) is 43.2 Å². The van der Waals surface area contributed by atoms with Crippen LogP contribution in [0.1, 0.15) is 64.3 Å². The number of piperazine rings is 1. The maximum atomic E-state index is 16.9. The second-order valence-electron chi connectivity index (χ2n) is 20.9. The molecule has 3 fully saturated rings. The number of hydrogen-bond acceptors (Lipinski definition) is 15. The molecule has 5 N–H and O–H groups in total. The van der Waals surface area contributed by atoms with E-state index in [1.54, 1.807) is 23.5 Å². The summed E-state index contributed by atoms with van der Waals surface area (Å²) in [5, 5.41) is 32.7. The minimum atomic E-state index is -0.986. The number of hydrogen-bond donors (Lipinski definition) is 5. The van der Waals surface area contributed by atoms with Crippen LogP contribution in [0.15, 0.2) is 72.2 Å². The lowest BCUT2D eigenvalue weighted by molar-refractivity contribution is -0.144. The summed E-state index contributed by atoms with van der Waals surface area (Å²) in [5.74, 6) is -1.39. The first-order chi connectivity index (χ1) is 36.5. The zero-order valence-corrected chi connectivity index (χ0v) is 45.2. The van der Waals surface area contributed by atoms with Crippen molar-refractivity contribution in [3.05, 3.63) is 94.3 Å². The fourth-order valence-electron chi connectivity index (χ4n) is 10.3. The van der Waals surface area contributed by atoms with Crippen molar-refractivity contribution < 1.29 is 43.2 Å². The van der Waals surface area contributed by atoms with Gasteiger partial charge in [-0.2, -0.15) is 9.97 Å². The molecule has 0 spiro atoms. The Hall–Kier alpha value is -6.06. The van der Waals surface area contributed by atoms with Crippen LogP contribution in [0, 0.1) is 18.2 Å². The zero-order valence-electron chi connectivity index (χ0n) is 43.6. The number of piperidine rings is 1. The molecule has 0 bridgehead atoms. The van der Waals surface area contributed by atoms with E-state index in [4.69, 9.17) is 30.8 Å². The van der Waals surface area contributed by atoms with Crippen molar-refractivity contribution in [2.45, 2.75) is 84.2 Å². The van der Waals surface area contributed by atoms with Crippen molar-refractivity contribution in [2.24, 2.45) is 5.41 Å². The molecule has 0 aliphatic carbocycles. The highest BCUT2D eigenvalue weighted by Gasteiger charge is 2.45. The lowest BCUT2D eigenvalue weighted by Gasteiger charge is -2.35. The third kappa shape index (κ3) is 12.7. The van der Waals surface area contributed by atoms with Gasteiger partial charge in [-0.1, -0.05) is 80.9 Å². The zero-order chi connectivity index (χ0) is 53.7. The molecule has 3 aliphatic rings. The van der Waals surface area contributed by atoms with Gasteiger partial charge in [-0.25, -0.2) is 9.37 Å². The van der Waals surface area contributed by atoms with Crippen LogP contribution < -0.4 is 25.6 Å². The van der Waals surface area contributed by atoms with Crippen LogP contribution >= 0.6 is 22.9 Å². The smallest absolute Gasteiger partial charge is 0.319 e. The van der Waals surface area contributed by atoms with E-state index in [1.165, 1.54) is 11.0 Å². The van der Waals surface area contributed by atoms with Crippen molar-refractivity contribution in [1.29, 1.82) is 0 Å². The summed E-state index contributed by atoms with van der Waals surface area (Å²) in [6, 6.07) is 18.0. The Bertz CT molecular complexity index is 3040. The highest BCUT2D eigenvalue weighted by molar-refractivity contribution is 7.13. The molecule has 9 rings (SSSR count). The van der Waals surface area contributed by atoms with Crippen molar-refractivity contribution in [3.63, 3.8) is 0 Å². The number of aromatic nitrogens is 3. The number of nitrogens with one attached hydrogen (secondary N) is 3. The van der Waals surface area contributed by atoms with Gasteiger partial charge < -0.3 is 50.2 Å². The molecular formula is C56H67ClFN9O8S. The van der Waals surface area contributed by atoms with Crippen LogP contribution in [-0.4, -0.2) is 156 Å². The molecule has 4 aromatic carbocycles. The van der Waals surface area contributed by atoms with Crippen LogP contribution in [0.2, 0.25) is 5.02 Å². The summed E-state index contributed by atoms with van der Waals surface area (Å²) in [6.45, 7) is 14.7. The number of aromatic hydroxyl groups is 1. The average Bonchev–Trinajstić information content (AvgIpc) is 4.05. The Morgan fingerprint density at radius 1 is 0.961 bits per heavy atom. The van der Waals surface area contributed by atoms with Gasteiger partial charge in [0.2, 0.25) is 17.7 Å². The van der Waals surface area contributed by atoms with Gasteiger partial charge in [0.15, 0.2) is 5.82 Å². The number of phenolic OH excluding ortho intramolecular Hbond substituents is 1. The molecular weight excluding hydrogens is 1010 g/mol. The Morgan fingerprint density at radius 2 is 1.71 bits per heavy atom. The monoisotopic (exact) mass is 1080 g/mol. The fraction of sp³-hybridized carbons (Fsp3) is 0.464. The summed E-state index contributed by atoms with van der Waals surface area (Å²) >= 11 is 8.45. The Morgan fingerprint density at radius 3 is 2.43 bits per heavy atom. The quantitative estimate of drug-likeness (QED) is 0.0549. The molecule has 3 aliphatic heterocycles. The van der Waals surface area contributed by atoms with Crippen molar-refractivity contribution in [3.8, 4) is 33.3 Å². The largest absolute Gasteiger partial charge is 0.508 e. The van der Waals surface area contributed by atoms with Gasteiger partial charge in [0.25, 0.3) is 0 Å². The van der Waals surface area contributed by atoms with E-state index in [9.17, 15) is 24.6 Å². The van der Waals surface area contributed by atoms with Gasteiger partial charge in [0, 0.05) is 69.7 Å². The summed E-state index contributed by atoms with van der Waals surface area (Å²) < 4.78 is 34.9. The van der Waals surface area contributed by atoms with E-state index in [-0.39, 0.29) is 85.3 Å². The predicted octanol–water partition coefficient (Wildman–Crippen LogP) is 7.04. The molecule has 0 unspecified atom stereocenters. The van der Waals surface area contributed by atoms with Gasteiger partial charge in [-0.05, 0) is 77.8 Å². The summed E-state index contributed by atoms with van der Waals surface area (Å²) in [5.41, 5.74) is 4.67. The minimum absolute atomic E-state index is 0.00135. The number of amides is 3. The Kier molecular flexibility index (Phi) is 17.3. The molecule has 0 radical (unpaired) electrons. The number of aliphatic hydroxyl groups is 1. The first-order valence-corrected chi connectivity index (χ1v) is 27.3. The minimum Gasteiger partial charge on any atom is -0.508 e. The number of β-amino-alcohol motifs (C(OH)–C–C–N with tert-alkyl or cyclic N) is 1. The van der Waals surface area contributed by atoms with Gasteiger partial charge in [-0.15, -0.1) is 11.3 Å².